The van der Waals surface area contributed by atoms with Gasteiger partial charge in [-0.3, -0.25) is 10.1 Å². The first-order valence-corrected chi connectivity index (χ1v) is 6.86. The van der Waals surface area contributed by atoms with Crippen molar-refractivity contribution >= 4 is 22.2 Å². The van der Waals surface area contributed by atoms with Crippen LogP contribution in [-0.2, 0) is 6.61 Å². The average molecular weight is 294 g/mol. The Labute approximate surface area is 119 Å². The van der Waals surface area contributed by atoms with Crippen molar-refractivity contribution in [3.63, 3.8) is 0 Å². The third kappa shape index (κ3) is 3.41. The minimum atomic E-state index is -0.452. The Morgan fingerprint density at radius 3 is 2.95 bits per heavy atom. The molecular formula is C12H14N4O3S. The molecule has 0 fully saturated rings. The summed E-state index contributed by atoms with van der Waals surface area (Å²) in [5.74, 6) is 0.237. The number of rotatable bonds is 6. The molecule has 0 aliphatic rings. The van der Waals surface area contributed by atoms with Gasteiger partial charge in [-0.2, -0.15) is 0 Å². The van der Waals surface area contributed by atoms with E-state index in [0.717, 1.165) is 12.1 Å². The molecule has 0 saturated carbocycles. The van der Waals surface area contributed by atoms with E-state index in [2.05, 4.69) is 15.5 Å². The van der Waals surface area contributed by atoms with Crippen LogP contribution in [0.1, 0.15) is 17.5 Å². The Morgan fingerprint density at radius 1 is 1.45 bits per heavy atom. The predicted molar refractivity (Wildman–Crippen MR) is 76.2 cm³/mol. The number of nitrogens with zero attached hydrogens (tertiary/aromatic N) is 3. The van der Waals surface area contributed by atoms with Gasteiger partial charge in [0.2, 0.25) is 5.13 Å². The summed E-state index contributed by atoms with van der Waals surface area (Å²) in [5.41, 5.74) is 0.774. The van der Waals surface area contributed by atoms with Gasteiger partial charge in [-0.25, -0.2) is 0 Å². The molecule has 7 nitrogen and oxygen atoms in total. The minimum Gasteiger partial charge on any atom is -0.479 e. The fourth-order valence-electron chi connectivity index (χ4n) is 1.57. The van der Waals surface area contributed by atoms with Gasteiger partial charge in [0.05, 0.1) is 4.92 Å². The van der Waals surface area contributed by atoms with Crippen LogP contribution in [0.25, 0.3) is 0 Å². The fraction of sp³-hybridized carbons (Fsp3) is 0.333. The van der Waals surface area contributed by atoms with Crippen LogP contribution in [-0.4, -0.2) is 21.7 Å². The molecule has 1 N–H and O–H groups in total. The molecule has 1 heterocycles. The van der Waals surface area contributed by atoms with E-state index in [0.29, 0.717) is 10.1 Å². The highest BCUT2D eigenvalue weighted by atomic mass is 32.1. The summed E-state index contributed by atoms with van der Waals surface area (Å²) in [5, 5.41) is 23.3. The van der Waals surface area contributed by atoms with Crippen molar-refractivity contribution in [3.05, 3.63) is 38.9 Å². The van der Waals surface area contributed by atoms with Crippen molar-refractivity contribution in [2.45, 2.75) is 20.5 Å². The number of nitrogens with one attached hydrogen (secondary N) is 1. The lowest BCUT2D eigenvalue weighted by Crippen LogP contribution is -1.99. The number of hydrogen-bond donors (Lipinski definition) is 1. The molecule has 0 atom stereocenters. The average Bonchev–Trinajstić information content (AvgIpc) is 2.85. The maximum Gasteiger partial charge on any atom is 0.311 e. The lowest BCUT2D eigenvalue weighted by atomic mass is 10.2. The number of nitro groups is 1. The first-order chi connectivity index (χ1) is 9.60. The summed E-state index contributed by atoms with van der Waals surface area (Å²) >= 11 is 1.37. The fourth-order valence-corrected chi connectivity index (χ4v) is 2.29. The SMILES string of the molecule is CCNc1nnc(COc2ccc(C)cc2[N+](=O)[O-])s1. The van der Waals surface area contributed by atoms with Crippen LogP contribution in [0.5, 0.6) is 5.75 Å². The number of benzene rings is 1. The Bertz CT molecular complexity index is 614. The normalized spacial score (nSPS) is 10.3. The third-order valence-corrected chi connectivity index (χ3v) is 3.31. The van der Waals surface area contributed by atoms with Crippen molar-refractivity contribution in [2.24, 2.45) is 0 Å². The number of hydrogen-bond acceptors (Lipinski definition) is 7. The Kier molecular flexibility index (Phi) is 4.46. The highest BCUT2D eigenvalue weighted by molar-refractivity contribution is 7.15. The summed E-state index contributed by atoms with van der Waals surface area (Å²) < 4.78 is 5.47. The van der Waals surface area contributed by atoms with Crippen LogP contribution in [0.15, 0.2) is 18.2 Å². The molecule has 1 aromatic heterocycles. The largest absolute Gasteiger partial charge is 0.479 e. The van der Waals surface area contributed by atoms with Gasteiger partial charge >= 0.3 is 5.69 Å². The maximum atomic E-state index is 11.0. The van der Waals surface area contributed by atoms with E-state index in [4.69, 9.17) is 4.74 Å². The van der Waals surface area contributed by atoms with E-state index >= 15 is 0 Å². The molecule has 0 aliphatic carbocycles. The number of nitro benzene ring substituents is 1. The van der Waals surface area contributed by atoms with Gasteiger partial charge in [-0.1, -0.05) is 17.4 Å². The van der Waals surface area contributed by atoms with E-state index < -0.39 is 4.92 Å². The summed E-state index contributed by atoms with van der Waals surface area (Å²) in [6.45, 7) is 4.68. The van der Waals surface area contributed by atoms with Crippen molar-refractivity contribution in [1.29, 1.82) is 0 Å². The zero-order valence-corrected chi connectivity index (χ0v) is 11.9. The number of aryl methyl sites for hydroxylation is 1. The number of aromatic nitrogens is 2. The van der Waals surface area contributed by atoms with Crippen LogP contribution in [0.3, 0.4) is 0 Å². The molecule has 0 radical (unpaired) electrons. The van der Waals surface area contributed by atoms with Crippen LogP contribution in [0.4, 0.5) is 10.8 Å². The Morgan fingerprint density at radius 2 is 2.25 bits per heavy atom. The Balaban J connectivity index is 2.08. The van der Waals surface area contributed by atoms with Crippen molar-refractivity contribution in [2.75, 3.05) is 11.9 Å². The zero-order valence-electron chi connectivity index (χ0n) is 11.1. The molecule has 2 rings (SSSR count). The maximum absolute atomic E-state index is 11.0. The van der Waals surface area contributed by atoms with Gasteiger partial charge in [0.15, 0.2) is 10.8 Å². The standard InChI is InChI=1S/C12H14N4O3S/c1-3-13-12-15-14-11(20-12)7-19-10-5-4-8(2)6-9(10)16(17)18/h4-6H,3,7H2,1-2H3,(H,13,15). The van der Waals surface area contributed by atoms with Gasteiger partial charge in [0.1, 0.15) is 6.61 Å². The van der Waals surface area contributed by atoms with E-state index in [9.17, 15) is 10.1 Å². The van der Waals surface area contributed by atoms with Crippen molar-refractivity contribution in [3.8, 4) is 5.75 Å². The van der Waals surface area contributed by atoms with Gasteiger partial charge in [0, 0.05) is 12.6 Å². The predicted octanol–water partition coefficient (Wildman–Crippen LogP) is 2.77. The molecule has 2 aromatic rings. The second kappa shape index (κ2) is 6.29. The van der Waals surface area contributed by atoms with Crippen molar-refractivity contribution in [1.82, 2.24) is 10.2 Å². The molecule has 0 unspecified atom stereocenters. The highest BCUT2D eigenvalue weighted by Crippen LogP contribution is 2.29. The van der Waals surface area contributed by atoms with E-state index in [1.165, 1.54) is 17.4 Å². The van der Waals surface area contributed by atoms with Crippen LogP contribution in [0, 0.1) is 17.0 Å². The second-order valence-corrected chi connectivity index (χ2v) is 5.11. The number of anilines is 1. The lowest BCUT2D eigenvalue weighted by Gasteiger charge is -2.05. The zero-order chi connectivity index (χ0) is 14.5. The lowest BCUT2D eigenvalue weighted by molar-refractivity contribution is -0.386. The van der Waals surface area contributed by atoms with Gasteiger partial charge in [0.25, 0.3) is 0 Å². The van der Waals surface area contributed by atoms with E-state index in [1.54, 1.807) is 19.1 Å². The van der Waals surface area contributed by atoms with Gasteiger partial charge < -0.3 is 10.1 Å². The summed E-state index contributed by atoms with van der Waals surface area (Å²) in [6, 6.07) is 4.85. The van der Waals surface area contributed by atoms with E-state index in [1.807, 2.05) is 6.92 Å². The molecule has 106 valence electrons. The number of ether oxygens (including phenoxy) is 1. The first kappa shape index (κ1) is 14.2. The minimum absolute atomic E-state index is 0.0404. The van der Waals surface area contributed by atoms with Crippen LogP contribution in [0.2, 0.25) is 0 Å². The quantitative estimate of drug-likeness (QED) is 0.650. The monoisotopic (exact) mass is 294 g/mol. The summed E-state index contributed by atoms with van der Waals surface area (Å²) in [6.07, 6.45) is 0. The topological polar surface area (TPSA) is 90.2 Å². The Hall–Kier alpha value is -2.22. The molecule has 0 spiro atoms. The van der Waals surface area contributed by atoms with Crippen LogP contribution < -0.4 is 10.1 Å². The molecule has 0 amide bonds. The first-order valence-electron chi connectivity index (χ1n) is 6.04. The smallest absolute Gasteiger partial charge is 0.311 e. The molecular weight excluding hydrogens is 280 g/mol. The molecule has 0 bridgehead atoms. The molecule has 8 heteroatoms. The van der Waals surface area contributed by atoms with Crippen LogP contribution >= 0.6 is 11.3 Å². The molecule has 0 saturated heterocycles. The third-order valence-electron chi connectivity index (χ3n) is 2.46. The summed E-state index contributed by atoms with van der Waals surface area (Å²) in [4.78, 5) is 10.5. The van der Waals surface area contributed by atoms with Gasteiger partial charge in [-0.15, -0.1) is 10.2 Å². The summed E-state index contributed by atoms with van der Waals surface area (Å²) in [7, 11) is 0. The molecule has 0 aliphatic heterocycles. The second-order valence-electron chi connectivity index (χ2n) is 4.05. The van der Waals surface area contributed by atoms with Gasteiger partial charge in [-0.05, 0) is 25.5 Å². The highest BCUT2D eigenvalue weighted by Gasteiger charge is 2.15. The molecule has 1 aromatic carbocycles. The van der Waals surface area contributed by atoms with E-state index in [-0.39, 0.29) is 18.0 Å². The molecule has 20 heavy (non-hydrogen) atoms. The van der Waals surface area contributed by atoms with Crippen molar-refractivity contribution < 1.29 is 9.66 Å².